The first-order valence-corrected chi connectivity index (χ1v) is 6.49. The second kappa shape index (κ2) is 6.26. The third-order valence-corrected chi connectivity index (χ3v) is 3.75. The first kappa shape index (κ1) is 17.2. The lowest BCUT2D eigenvalue weighted by atomic mass is 9.89. The van der Waals surface area contributed by atoms with Crippen molar-refractivity contribution in [3.8, 4) is 0 Å². The molecule has 1 unspecified atom stereocenters. The van der Waals surface area contributed by atoms with Crippen molar-refractivity contribution in [2.24, 2.45) is 10.9 Å². The minimum absolute atomic E-state index is 0. The van der Waals surface area contributed by atoms with Crippen LogP contribution in [0.25, 0.3) is 0 Å². The molecule has 1 atom stereocenters. The Balaban J connectivity index is 0.00000220. The van der Waals surface area contributed by atoms with E-state index < -0.39 is 11.5 Å². The number of carbonyl (C=O) groups excluding carboxylic acids is 2. The molecule has 1 aromatic carbocycles. The van der Waals surface area contributed by atoms with Gasteiger partial charge in [0.1, 0.15) is 11.4 Å². The first-order valence-electron chi connectivity index (χ1n) is 6.49. The monoisotopic (exact) mass is 310 g/mol. The van der Waals surface area contributed by atoms with Gasteiger partial charge in [0.2, 0.25) is 0 Å². The van der Waals surface area contributed by atoms with Crippen LogP contribution in [0.5, 0.6) is 0 Å². The van der Waals surface area contributed by atoms with Gasteiger partial charge in [0.25, 0.3) is 5.91 Å². The second-order valence-corrected chi connectivity index (χ2v) is 5.25. The van der Waals surface area contributed by atoms with Crippen molar-refractivity contribution in [3.63, 3.8) is 0 Å². The Labute approximate surface area is 130 Å². The summed E-state index contributed by atoms with van der Waals surface area (Å²) in [6, 6.07) is 6.94. The Morgan fingerprint density at radius 2 is 1.95 bits per heavy atom. The summed E-state index contributed by atoms with van der Waals surface area (Å²) in [5.41, 5.74) is 0.164. The van der Waals surface area contributed by atoms with E-state index in [4.69, 9.17) is 4.74 Å². The van der Waals surface area contributed by atoms with Crippen LogP contribution in [0.3, 0.4) is 0 Å². The molecule has 21 heavy (non-hydrogen) atoms. The highest BCUT2D eigenvalue weighted by atomic mass is 35.5. The molecule has 0 aliphatic carbocycles. The van der Waals surface area contributed by atoms with Crippen LogP contribution in [-0.2, 0) is 9.53 Å². The summed E-state index contributed by atoms with van der Waals surface area (Å²) >= 11 is 0. The fourth-order valence-electron chi connectivity index (χ4n) is 2.04. The molecule has 5 nitrogen and oxygen atoms in total. The first-order chi connectivity index (χ1) is 9.40. The summed E-state index contributed by atoms with van der Waals surface area (Å²) in [6.45, 7) is 5.68. The topological polar surface area (TPSA) is 67.8 Å². The maximum absolute atomic E-state index is 12.1. The fraction of sp³-hybridized carbons (Fsp3) is 0.400. The van der Waals surface area contributed by atoms with Gasteiger partial charge in [-0.05, 0) is 18.9 Å². The van der Waals surface area contributed by atoms with Crippen molar-refractivity contribution < 1.29 is 14.3 Å². The van der Waals surface area contributed by atoms with Gasteiger partial charge in [-0.15, -0.1) is 12.4 Å². The number of hydrogen-bond donors (Lipinski definition) is 1. The van der Waals surface area contributed by atoms with E-state index in [0.717, 1.165) is 0 Å². The van der Waals surface area contributed by atoms with Crippen LogP contribution in [0.15, 0.2) is 29.3 Å². The number of esters is 1. The minimum Gasteiger partial charge on any atom is -0.465 e. The molecule has 0 spiro atoms. The highest BCUT2D eigenvalue weighted by Crippen LogP contribution is 2.27. The zero-order chi connectivity index (χ0) is 14.9. The van der Waals surface area contributed by atoms with E-state index in [-0.39, 0.29) is 24.2 Å². The lowest BCUT2D eigenvalue weighted by Crippen LogP contribution is -2.41. The van der Waals surface area contributed by atoms with Crippen molar-refractivity contribution in [1.29, 1.82) is 0 Å². The van der Waals surface area contributed by atoms with Gasteiger partial charge in [-0.3, -0.25) is 9.79 Å². The Morgan fingerprint density at radius 1 is 1.33 bits per heavy atom. The summed E-state index contributed by atoms with van der Waals surface area (Å²) < 4.78 is 4.76. The molecule has 0 radical (unpaired) electrons. The summed E-state index contributed by atoms with van der Waals surface area (Å²) in [7, 11) is 1.33. The Morgan fingerprint density at radius 3 is 2.48 bits per heavy atom. The van der Waals surface area contributed by atoms with Crippen LogP contribution in [-0.4, -0.2) is 30.4 Å². The van der Waals surface area contributed by atoms with Crippen LogP contribution in [0.2, 0.25) is 0 Å². The van der Waals surface area contributed by atoms with Crippen LogP contribution in [0.4, 0.5) is 0 Å². The highest BCUT2D eigenvalue weighted by molar-refractivity contribution is 6.18. The van der Waals surface area contributed by atoms with Gasteiger partial charge in [-0.1, -0.05) is 32.0 Å². The van der Waals surface area contributed by atoms with Gasteiger partial charge >= 0.3 is 5.97 Å². The molecule has 114 valence electrons. The van der Waals surface area contributed by atoms with Crippen LogP contribution in [0.1, 0.15) is 36.7 Å². The number of rotatable bonds is 3. The third-order valence-electron chi connectivity index (χ3n) is 3.75. The van der Waals surface area contributed by atoms with E-state index in [9.17, 15) is 9.59 Å². The summed E-state index contributed by atoms with van der Waals surface area (Å²) in [6.07, 6.45) is 0. The van der Waals surface area contributed by atoms with Gasteiger partial charge in [0.05, 0.1) is 12.7 Å². The average Bonchev–Trinajstić information content (AvgIpc) is 2.75. The molecule has 6 heteroatoms. The number of nitrogens with zero attached hydrogens (tertiary/aromatic N) is 1. The lowest BCUT2D eigenvalue weighted by molar-refractivity contribution is -0.124. The molecular weight excluding hydrogens is 292 g/mol. The molecule has 0 fully saturated rings. The summed E-state index contributed by atoms with van der Waals surface area (Å²) in [5.74, 6) is -0.115. The normalized spacial score (nSPS) is 20.6. The molecule has 1 aliphatic heterocycles. The number of aliphatic imine (C=N–C) groups is 1. The van der Waals surface area contributed by atoms with Crippen LogP contribution >= 0.6 is 12.4 Å². The fourth-order valence-corrected chi connectivity index (χ4v) is 2.04. The van der Waals surface area contributed by atoms with Crippen LogP contribution < -0.4 is 5.32 Å². The molecule has 0 saturated carbocycles. The largest absolute Gasteiger partial charge is 0.465 e. The van der Waals surface area contributed by atoms with E-state index in [1.165, 1.54) is 7.11 Å². The predicted octanol–water partition coefficient (Wildman–Crippen LogP) is 2.19. The van der Waals surface area contributed by atoms with E-state index in [1.807, 2.05) is 13.8 Å². The van der Waals surface area contributed by atoms with Crippen molar-refractivity contribution in [1.82, 2.24) is 5.32 Å². The molecule has 1 aliphatic rings. The van der Waals surface area contributed by atoms with E-state index in [1.54, 1.807) is 31.2 Å². The number of hydrogen-bond acceptors (Lipinski definition) is 4. The van der Waals surface area contributed by atoms with Gasteiger partial charge in [-0.25, -0.2) is 4.79 Å². The van der Waals surface area contributed by atoms with Crippen molar-refractivity contribution in [3.05, 3.63) is 35.4 Å². The molecule has 1 aromatic rings. The molecule has 0 aromatic heterocycles. The van der Waals surface area contributed by atoms with Gasteiger partial charge in [-0.2, -0.15) is 0 Å². The van der Waals surface area contributed by atoms with Gasteiger partial charge in [0, 0.05) is 5.56 Å². The number of ether oxygens (including phenoxy) is 1. The quantitative estimate of drug-likeness (QED) is 0.870. The standard InChI is InChI=1S/C15H18N2O3.ClH/c1-9(2)15(3)14(19)16-12(17-15)10-7-5-6-8-11(10)13(18)20-4;/h5-9H,1-4H3,(H,16,17,19);1H. The summed E-state index contributed by atoms with van der Waals surface area (Å²) in [5, 5.41) is 2.76. The minimum atomic E-state index is -0.807. The van der Waals surface area contributed by atoms with Gasteiger partial charge < -0.3 is 10.1 Å². The molecular formula is C15H19ClN2O3. The summed E-state index contributed by atoms with van der Waals surface area (Å²) in [4.78, 5) is 28.4. The van der Waals surface area contributed by atoms with Crippen molar-refractivity contribution in [2.45, 2.75) is 26.3 Å². The number of carbonyl (C=O) groups is 2. The Kier molecular flexibility index (Phi) is 5.12. The Bertz CT molecular complexity index is 598. The maximum Gasteiger partial charge on any atom is 0.338 e. The number of methoxy groups -OCH3 is 1. The predicted molar refractivity (Wildman–Crippen MR) is 83.0 cm³/mol. The smallest absolute Gasteiger partial charge is 0.338 e. The van der Waals surface area contributed by atoms with E-state index in [0.29, 0.717) is 17.0 Å². The average molecular weight is 311 g/mol. The molecule has 0 bridgehead atoms. The molecule has 0 saturated heterocycles. The molecule has 2 rings (SSSR count). The lowest BCUT2D eigenvalue weighted by Gasteiger charge is -2.21. The number of amidine groups is 1. The Hall–Kier alpha value is -1.88. The van der Waals surface area contributed by atoms with Crippen molar-refractivity contribution >= 4 is 30.1 Å². The molecule has 1 N–H and O–H groups in total. The number of nitrogens with one attached hydrogen (secondary N) is 1. The number of halogens is 1. The van der Waals surface area contributed by atoms with E-state index in [2.05, 4.69) is 10.3 Å². The highest BCUT2D eigenvalue weighted by Gasteiger charge is 2.42. The zero-order valence-electron chi connectivity index (χ0n) is 12.5. The SMILES string of the molecule is COC(=O)c1ccccc1C1=NC(C)(C(C)C)C(=O)N1.Cl. The second-order valence-electron chi connectivity index (χ2n) is 5.25. The number of benzene rings is 1. The molecule has 1 heterocycles. The van der Waals surface area contributed by atoms with E-state index >= 15 is 0 Å². The number of amides is 1. The van der Waals surface area contributed by atoms with Crippen LogP contribution in [0, 0.1) is 5.92 Å². The zero-order valence-corrected chi connectivity index (χ0v) is 13.3. The molecule has 1 amide bonds. The van der Waals surface area contributed by atoms with Gasteiger partial charge in [0.15, 0.2) is 0 Å². The van der Waals surface area contributed by atoms with Crippen molar-refractivity contribution in [2.75, 3.05) is 7.11 Å². The maximum atomic E-state index is 12.1. The third kappa shape index (κ3) is 2.93.